The van der Waals surface area contributed by atoms with Crippen molar-refractivity contribution in [2.75, 3.05) is 13.7 Å². The van der Waals surface area contributed by atoms with E-state index in [2.05, 4.69) is 4.74 Å². The molecule has 2 unspecified atom stereocenters. The summed E-state index contributed by atoms with van der Waals surface area (Å²) >= 11 is 0. The molecule has 1 saturated heterocycles. The maximum atomic E-state index is 11.2. The number of aliphatic hydroxyl groups excluding tert-OH is 1. The molecule has 1 heterocycles. The summed E-state index contributed by atoms with van der Waals surface area (Å²) in [7, 11) is 0.564. The van der Waals surface area contributed by atoms with Crippen LogP contribution in [0.1, 0.15) is 6.42 Å². The first kappa shape index (κ1) is 10.5. The normalized spacial score (nSPS) is 28.9. The Morgan fingerprint density at radius 2 is 2.31 bits per heavy atom. The van der Waals surface area contributed by atoms with Gasteiger partial charge in [-0.15, -0.1) is 0 Å². The number of nitrogens with zero attached hydrogens (tertiary/aromatic N) is 1. The summed E-state index contributed by atoms with van der Waals surface area (Å²) in [5.41, 5.74) is 0. The number of esters is 1. The Morgan fingerprint density at radius 1 is 1.69 bits per heavy atom. The third-order valence-corrected chi connectivity index (χ3v) is 2.27. The second-order valence-electron chi connectivity index (χ2n) is 3.26. The van der Waals surface area contributed by atoms with Gasteiger partial charge in [0.1, 0.15) is 6.04 Å². The van der Waals surface area contributed by atoms with Crippen molar-refractivity contribution in [1.82, 2.24) is 4.81 Å². The van der Waals surface area contributed by atoms with Crippen molar-refractivity contribution in [3.63, 3.8) is 0 Å². The maximum Gasteiger partial charge on any atom is 0.377 e. The molecular formula is C7H14BNO4. The summed E-state index contributed by atoms with van der Waals surface area (Å²) in [6.45, 7) is 1.88. The van der Waals surface area contributed by atoms with Gasteiger partial charge in [0.25, 0.3) is 0 Å². The van der Waals surface area contributed by atoms with E-state index in [4.69, 9.17) is 0 Å². The van der Waals surface area contributed by atoms with Crippen molar-refractivity contribution < 1.29 is 19.7 Å². The van der Waals surface area contributed by atoms with Crippen LogP contribution in [0.3, 0.4) is 0 Å². The molecule has 0 saturated carbocycles. The molecule has 1 aliphatic rings. The van der Waals surface area contributed by atoms with Gasteiger partial charge in [0.15, 0.2) is 0 Å². The Balaban J connectivity index is 2.66. The highest BCUT2D eigenvalue weighted by molar-refractivity contribution is 6.45. The zero-order valence-electron chi connectivity index (χ0n) is 7.80. The van der Waals surface area contributed by atoms with Crippen LogP contribution in [0.5, 0.6) is 0 Å². The Bertz CT molecular complexity index is 199. The maximum absolute atomic E-state index is 11.2. The average molecular weight is 187 g/mol. The molecule has 1 fully saturated rings. The number of rotatable bonds is 2. The summed E-state index contributed by atoms with van der Waals surface area (Å²) in [4.78, 5) is 12.7. The molecule has 13 heavy (non-hydrogen) atoms. The highest BCUT2D eigenvalue weighted by Crippen LogP contribution is 2.19. The quantitative estimate of drug-likeness (QED) is 0.415. The highest BCUT2D eigenvalue weighted by Gasteiger charge is 2.39. The lowest BCUT2D eigenvalue weighted by Gasteiger charge is -2.22. The number of β-amino-alcohol motifs (C(OH)–C–C–N with tert-alkyl or cyclic N) is 1. The molecule has 2 N–H and O–H groups in total. The van der Waals surface area contributed by atoms with Gasteiger partial charge in [-0.05, 0) is 13.2 Å². The van der Waals surface area contributed by atoms with E-state index in [-0.39, 0.29) is 0 Å². The Hall–Kier alpha value is -0.585. The van der Waals surface area contributed by atoms with Gasteiger partial charge in [0, 0.05) is 6.54 Å². The van der Waals surface area contributed by atoms with Crippen molar-refractivity contribution in [2.24, 2.45) is 0 Å². The number of carbonyl (C=O) groups excluding carboxylic acids is 1. The minimum absolute atomic E-state index is 0.317. The molecule has 74 valence electrons. The summed E-state index contributed by atoms with van der Waals surface area (Å²) in [6, 6.07) is -0.514. The molecule has 1 aliphatic heterocycles. The van der Waals surface area contributed by atoms with Gasteiger partial charge >= 0.3 is 13.0 Å². The second kappa shape index (κ2) is 4.08. The molecular weight excluding hydrogens is 173 g/mol. The van der Waals surface area contributed by atoms with E-state index in [0.29, 0.717) is 13.0 Å². The van der Waals surface area contributed by atoms with Crippen molar-refractivity contribution >= 4 is 13.0 Å². The third-order valence-electron chi connectivity index (χ3n) is 2.27. The predicted octanol–water partition coefficient (Wildman–Crippen LogP) is -1.30. The van der Waals surface area contributed by atoms with E-state index in [9.17, 15) is 14.9 Å². The van der Waals surface area contributed by atoms with E-state index in [1.807, 2.05) is 0 Å². The van der Waals surface area contributed by atoms with Crippen molar-refractivity contribution in [3.05, 3.63) is 0 Å². The molecule has 0 aromatic carbocycles. The third kappa shape index (κ3) is 2.21. The van der Waals surface area contributed by atoms with Crippen LogP contribution < -0.4 is 0 Å². The number of ether oxygens (including phenoxy) is 1. The van der Waals surface area contributed by atoms with E-state index >= 15 is 0 Å². The fourth-order valence-electron chi connectivity index (χ4n) is 1.62. The lowest BCUT2D eigenvalue weighted by molar-refractivity contribution is -0.144. The molecule has 5 nitrogen and oxygen atoms in total. The number of aliphatic hydroxyl groups is 1. The SMILES string of the molecule is COC(=O)C1CC(O)CN1B(C)O. The average Bonchev–Trinajstić information content (AvgIpc) is 2.46. The lowest BCUT2D eigenvalue weighted by atomic mass is 9.84. The molecule has 2 atom stereocenters. The first-order chi connectivity index (χ1) is 6.06. The van der Waals surface area contributed by atoms with E-state index < -0.39 is 25.2 Å². The van der Waals surface area contributed by atoms with E-state index in [1.165, 1.54) is 11.9 Å². The summed E-state index contributed by atoms with van der Waals surface area (Å²) in [5.74, 6) is -0.405. The van der Waals surface area contributed by atoms with Crippen LogP contribution in [-0.4, -0.2) is 53.8 Å². The molecule has 0 aliphatic carbocycles. The van der Waals surface area contributed by atoms with Gasteiger partial charge in [-0.1, -0.05) is 0 Å². The number of carbonyl (C=O) groups is 1. The van der Waals surface area contributed by atoms with Gasteiger partial charge in [-0.2, -0.15) is 0 Å². The molecule has 0 radical (unpaired) electrons. The largest absolute Gasteiger partial charge is 0.468 e. The van der Waals surface area contributed by atoms with Gasteiger partial charge < -0.3 is 19.7 Å². The van der Waals surface area contributed by atoms with Crippen LogP contribution in [0.4, 0.5) is 0 Å². The van der Waals surface area contributed by atoms with Crippen molar-refractivity contribution in [3.8, 4) is 0 Å². The van der Waals surface area contributed by atoms with Crippen molar-refractivity contribution in [1.29, 1.82) is 0 Å². The van der Waals surface area contributed by atoms with E-state index in [1.54, 1.807) is 6.82 Å². The second-order valence-corrected chi connectivity index (χ2v) is 3.26. The van der Waals surface area contributed by atoms with Crippen LogP contribution in [-0.2, 0) is 9.53 Å². The van der Waals surface area contributed by atoms with Crippen LogP contribution in [0.15, 0.2) is 0 Å². The number of methoxy groups -OCH3 is 1. The minimum atomic E-state index is -0.735. The molecule has 0 spiro atoms. The topological polar surface area (TPSA) is 70.0 Å². The van der Waals surface area contributed by atoms with Crippen LogP contribution >= 0.6 is 0 Å². The monoisotopic (exact) mass is 187 g/mol. The van der Waals surface area contributed by atoms with Crippen LogP contribution in [0, 0.1) is 0 Å². The first-order valence-corrected chi connectivity index (χ1v) is 4.26. The highest BCUT2D eigenvalue weighted by atomic mass is 16.5. The zero-order valence-corrected chi connectivity index (χ0v) is 7.80. The molecule has 0 bridgehead atoms. The van der Waals surface area contributed by atoms with Gasteiger partial charge in [-0.3, -0.25) is 4.79 Å². The first-order valence-electron chi connectivity index (χ1n) is 4.26. The summed E-state index contributed by atoms with van der Waals surface area (Å²) in [5, 5.41) is 18.6. The smallest absolute Gasteiger partial charge is 0.377 e. The van der Waals surface area contributed by atoms with Crippen LogP contribution in [0.2, 0.25) is 6.82 Å². The molecule has 0 amide bonds. The summed E-state index contributed by atoms with van der Waals surface area (Å²) in [6.07, 6.45) is -0.226. The fraction of sp³-hybridized carbons (Fsp3) is 0.857. The zero-order chi connectivity index (χ0) is 10.0. The van der Waals surface area contributed by atoms with Gasteiger partial charge in [0.2, 0.25) is 0 Å². The Labute approximate surface area is 77.4 Å². The molecule has 0 aromatic heterocycles. The molecule has 1 rings (SSSR count). The van der Waals surface area contributed by atoms with Gasteiger partial charge in [-0.25, -0.2) is 0 Å². The number of hydrogen-bond acceptors (Lipinski definition) is 5. The molecule has 0 aromatic rings. The Morgan fingerprint density at radius 3 is 2.77 bits per heavy atom. The fourth-order valence-corrected chi connectivity index (χ4v) is 1.62. The van der Waals surface area contributed by atoms with Crippen LogP contribution in [0.25, 0.3) is 0 Å². The summed E-state index contributed by atoms with van der Waals surface area (Å²) < 4.78 is 4.56. The number of hydrogen-bond donors (Lipinski definition) is 2. The van der Waals surface area contributed by atoms with E-state index in [0.717, 1.165) is 0 Å². The van der Waals surface area contributed by atoms with Crippen molar-refractivity contribution in [2.45, 2.75) is 25.4 Å². The van der Waals surface area contributed by atoms with Gasteiger partial charge in [0.05, 0.1) is 13.2 Å². The predicted molar refractivity (Wildman–Crippen MR) is 47.0 cm³/mol. The minimum Gasteiger partial charge on any atom is -0.468 e. The molecule has 6 heteroatoms. The lowest BCUT2D eigenvalue weighted by Crippen LogP contribution is -2.45. The Kier molecular flexibility index (Phi) is 3.30. The standard InChI is InChI=1S/C7H14BNO4/c1-8(12)9-4-5(10)3-6(9)7(11)13-2/h5-6,10,12H,3-4H2,1-2H3.